The Morgan fingerprint density at radius 3 is 2.67 bits per heavy atom. The topological polar surface area (TPSA) is 51.8 Å². The van der Waals surface area contributed by atoms with Crippen LogP contribution in [0.3, 0.4) is 0 Å². The van der Waals surface area contributed by atoms with Crippen molar-refractivity contribution in [3.63, 3.8) is 0 Å². The first kappa shape index (κ1) is 18.1. The van der Waals surface area contributed by atoms with Gasteiger partial charge >= 0.3 is 0 Å². The van der Waals surface area contributed by atoms with Crippen LogP contribution < -0.4 is 5.73 Å². The normalized spacial score (nSPS) is 10.2. The summed E-state index contributed by atoms with van der Waals surface area (Å²) in [6, 6.07) is 8.65. The van der Waals surface area contributed by atoms with Crippen molar-refractivity contribution in [1.29, 1.82) is 0 Å². The molecule has 3 aromatic rings. The van der Waals surface area contributed by atoms with Gasteiger partial charge in [-0.05, 0) is 36.8 Å². The summed E-state index contributed by atoms with van der Waals surface area (Å²) in [5.74, 6) is -0.349. The third-order valence-corrected chi connectivity index (χ3v) is 4.23. The Hall–Kier alpha value is -2.27. The Bertz CT molecular complexity index is 799. The van der Waals surface area contributed by atoms with E-state index in [-0.39, 0.29) is 5.82 Å². The number of anilines is 1. The summed E-state index contributed by atoms with van der Waals surface area (Å²) in [4.78, 5) is 8.90. The molecule has 2 N–H and O–H groups in total. The average molecular weight is 343 g/mol. The standard InChI is InChI=1S/C17H16FN3S.C2H6/c1-2-3-13-8-11(6-7-20-13)17-21-16(10-22-17)14-5-4-12(19)9-15(14)18;1-2/h4-10H,2-3,19H2,1H3;1-2H3. The lowest BCUT2D eigenvalue weighted by atomic mass is 10.1. The molecule has 0 bridgehead atoms. The summed E-state index contributed by atoms with van der Waals surface area (Å²) in [7, 11) is 0. The summed E-state index contributed by atoms with van der Waals surface area (Å²) >= 11 is 1.50. The van der Waals surface area contributed by atoms with Crippen LogP contribution >= 0.6 is 11.3 Å². The highest BCUT2D eigenvalue weighted by molar-refractivity contribution is 7.13. The van der Waals surface area contributed by atoms with Crippen LogP contribution in [0.2, 0.25) is 0 Å². The molecule has 2 heterocycles. The van der Waals surface area contributed by atoms with E-state index in [1.165, 1.54) is 17.4 Å². The number of rotatable bonds is 4. The van der Waals surface area contributed by atoms with Gasteiger partial charge in [0.15, 0.2) is 0 Å². The van der Waals surface area contributed by atoms with Crippen molar-refractivity contribution < 1.29 is 4.39 Å². The van der Waals surface area contributed by atoms with E-state index in [9.17, 15) is 4.39 Å². The van der Waals surface area contributed by atoms with Gasteiger partial charge in [0.1, 0.15) is 10.8 Å². The number of benzene rings is 1. The highest BCUT2D eigenvalue weighted by Crippen LogP contribution is 2.31. The van der Waals surface area contributed by atoms with E-state index in [0.29, 0.717) is 16.9 Å². The molecule has 0 radical (unpaired) electrons. The maximum absolute atomic E-state index is 14.0. The van der Waals surface area contributed by atoms with E-state index >= 15 is 0 Å². The molecule has 24 heavy (non-hydrogen) atoms. The van der Waals surface area contributed by atoms with Crippen molar-refractivity contribution in [3.05, 3.63) is 53.4 Å². The maximum Gasteiger partial charge on any atom is 0.134 e. The van der Waals surface area contributed by atoms with Crippen molar-refractivity contribution in [2.75, 3.05) is 5.73 Å². The van der Waals surface area contributed by atoms with Crippen LogP contribution in [0.25, 0.3) is 21.8 Å². The van der Waals surface area contributed by atoms with Crippen LogP contribution in [0, 0.1) is 5.82 Å². The lowest BCUT2D eigenvalue weighted by molar-refractivity contribution is 0.631. The van der Waals surface area contributed by atoms with Crippen LogP contribution in [0.15, 0.2) is 41.9 Å². The summed E-state index contributed by atoms with van der Waals surface area (Å²) in [6.45, 7) is 6.12. The fraction of sp³-hybridized carbons (Fsp3) is 0.263. The average Bonchev–Trinajstić information content (AvgIpc) is 3.07. The molecule has 2 aromatic heterocycles. The molecular weight excluding hydrogens is 321 g/mol. The number of pyridine rings is 1. The smallest absolute Gasteiger partial charge is 0.134 e. The molecule has 0 saturated carbocycles. The minimum atomic E-state index is -0.349. The highest BCUT2D eigenvalue weighted by Gasteiger charge is 2.11. The second-order valence-electron chi connectivity index (χ2n) is 5.06. The van der Waals surface area contributed by atoms with Gasteiger partial charge in [0.05, 0.1) is 5.69 Å². The second kappa shape index (κ2) is 8.55. The number of halogens is 1. The van der Waals surface area contributed by atoms with Gasteiger partial charge in [-0.25, -0.2) is 9.37 Å². The van der Waals surface area contributed by atoms with Crippen molar-refractivity contribution in [2.45, 2.75) is 33.6 Å². The fourth-order valence-corrected chi connectivity index (χ4v) is 3.09. The molecule has 0 spiro atoms. The van der Waals surface area contributed by atoms with E-state index in [1.807, 2.05) is 31.4 Å². The Balaban J connectivity index is 0.00000100. The maximum atomic E-state index is 14.0. The van der Waals surface area contributed by atoms with E-state index < -0.39 is 0 Å². The molecule has 0 saturated heterocycles. The van der Waals surface area contributed by atoms with Crippen LogP contribution in [-0.4, -0.2) is 9.97 Å². The number of aromatic nitrogens is 2. The molecule has 0 unspecified atom stereocenters. The lowest BCUT2D eigenvalue weighted by Crippen LogP contribution is -1.90. The minimum Gasteiger partial charge on any atom is -0.399 e. The largest absolute Gasteiger partial charge is 0.399 e. The van der Waals surface area contributed by atoms with E-state index in [0.717, 1.165) is 29.1 Å². The Morgan fingerprint density at radius 2 is 1.96 bits per heavy atom. The van der Waals surface area contributed by atoms with Gasteiger partial charge in [0.2, 0.25) is 0 Å². The number of nitrogens with two attached hydrogens (primary N) is 1. The van der Waals surface area contributed by atoms with Crippen LogP contribution in [0.5, 0.6) is 0 Å². The first-order chi connectivity index (χ1) is 11.7. The second-order valence-corrected chi connectivity index (χ2v) is 5.92. The highest BCUT2D eigenvalue weighted by atomic mass is 32.1. The van der Waals surface area contributed by atoms with E-state index in [4.69, 9.17) is 5.73 Å². The number of hydrogen-bond donors (Lipinski definition) is 1. The number of thiazole rings is 1. The van der Waals surface area contributed by atoms with Gasteiger partial charge < -0.3 is 5.73 Å². The fourth-order valence-electron chi connectivity index (χ4n) is 2.27. The molecule has 0 aliphatic rings. The number of aryl methyl sites for hydroxylation is 1. The summed E-state index contributed by atoms with van der Waals surface area (Å²) < 4.78 is 14.0. The number of nitrogen functional groups attached to an aromatic ring is 1. The number of hydrogen-bond acceptors (Lipinski definition) is 4. The third kappa shape index (κ3) is 4.17. The zero-order valence-corrected chi connectivity index (χ0v) is 15.0. The van der Waals surface area contributed by atoms with Gasteiger partial charge in [-0.1, -0.05) is 27.2 Å². The van der Waals surface area contributed by atoms with Gasteiger partial charge in [-0.3, -0.25) is 4.98 Å². The third-order valence-electron chi connectivity index (χ3n) is 3.34. The SMILES string of the molecule is CC.CCCc1cc(-c2nc(-c3ccc(N)cc3F)cs2)ccn1. The van der Waals surface area contributed by atoms with Crippen molar-refractivity contribution in [1.82, 2.24) is 9.97 Å². The Labute approximate surface area is 146 Å². The molecule has 3 rings (SSSR count). The van der Waals surface area contributed by atoms with E-state index in [2.05, 4.69) is 16.9 Å². The van der Waals surface area contributed by atoms with Crippen molar-refractivity contribution >= 4 is 17.0 Å². The Morgan fingerprint density at radius 1 is 1.17 bits per heavy atom. The van der Waals surface area contributed by atoms with Crippen molar-refractivity contribution in [2.24, 2.45) is 0 Å². The first-order valence-electron chi connectivity index (χ1n) is 8.13. The molecule has 0 fully saturated rings. The quantitative estimate of drug-likeness (QED) is 0.630. The predicted molar refractivity (Wildman–Crippen MR) is 100 cm³/mol. The minimum absolute atomic E-state index is 0.349. The molecule has 0 aliphatic heterocycles. The van der Waals surface area contributed by atoms with Crippen molar-refractivity contribution in [3.8, 4) is 21.8 Å². The van der Waals surface area contributed by atoms with Gasteiger partial charge in [-0.15, -0.1) is 11.3 Å². The van der Waals surface area contributed by atoms with Crippen LogP contribution in [-0.2, 0) is 6.42 Å². The van der Waals surface area contributed by atoms with Crippen LogP contribution in [0.4, 0.5) is 10.1 Å². The molecule has 126 valence electrons. The monoisotopic (exact) mass is 343 g/mol. The molecule has 3 nitrogen and oxygen atoms in total. The zero-order valence-electron chi connectivity index (χ0n) is 14.2. The summed E-state index contributed by atoms with van der Waals surface area (Å²) in [6.07, 6.45) is 3.79. The molecule has 1 aromatic carbocycles. The summed E-state index contributed by atoms with van der Waals surface area (Å²) in [5, 5.41) is 2.73. The lowest BCUT2D eigenvalue weighted by Gasteiger charge is -2.02. The Kier molecular flexibility index (Phi) is 6.44. The number of nitrogens with zero attached hydrogens (tertiary/aromatic N) is 2. The van der Waals surface area contributed by atoms with Gasteiger partial charge in [0.25, 0.3) is 0 Å². The molecule has 0 amide bonds. The molecular formula is C19H22FN3S. The summed E-state index contributed by atoms with van der Waals surface area (Å²) in [5.41, 5.74) is 9.17. The van der Waals surface area contributed by atoms with Gasteiger partial charge in [0, 0.05) is 34.1 Å². The molecule has 5 heteroatoms. The molecule has 0 atom stereocenters. The van der Waals surface area contributed by atoms with E-state index in [1.54, 1.807) is 18.3 Å². The molecule has 0 aliphatic carbocycles. The van der Waals surface area contributed by atoms with Gasteiger partial charge in [-0.2, -0.15) is 0 Å². The first-order valence-corrected chi connectivity index (χ1v) is 9.01. The predicted octanol–water partition coefficient (Wildman–Crippen LogP) is 5.57. The zero-order chi connectivity index (χ0) is 17.5. The van der Waals surface area contributed by atoms with Crippen LogP contribution in [0.1, 0.15) is 32.9 Å².